The minimum Gasteiger partial charge on any atom is -0.507 e. The third-order valence-corrected chi connectivity index (χ3v) is 5.34. The second kappa shape index (κ2) is 8.10. The highest BCUT2D eigenvalue weighted by molar-refractivity contribution is 6.46. The number of nitrogens with zero attached hydrogens (tertiary/aromatic N) is 2. The van der Waals surface area contributed by atoms with Crippen LogP contribution in [-0.2, 0) is 16.1 Å². The molecular weight excluding hydrogens is 396 g/mol. The fraction of sp³-hybridized carbons (Fsp3) is 0.208. The van der Waals surface area contributed by atoms with Crippen LogP contribution >= 0.6 is 0 Å². The Morgan fingerprint density at radius 2 is 1.87 bits per heavy atom. The summed E-state index contributed by atoms with van der Waals surface area (Å²) >= 11 is 0. The Morgan fingerprint density at radius 3 is 2.48 bits per heavy atom. The van der Waals surface area contributed by atoms with Gasteiger partial charge in [0.2, 0.25) is 0 Å². The summed E-state index contributed by atoms with van der Waals surface area (Å²) in [5, 5.41) is 11.1. The Morgan fingerprint density at radius 1 is 1.13 bits per heavy atom. The number of amides is 1. The van der Waals surface area contributed by atoms with Crippen molar-refractivity contribution in [2.75, 3.05) is 7.11 Å². The number of hydrogen-bond donors (Lipinski definition) is 1. The molecule has 7 nitrogen and oxygen atoms in total. The first-order chi connectivity index (χ1) is 14.9. The number of aromatic nitrogens is 1. The molecule has 3 aromatic rings. The number of carbonyl (C=O) groups excluding carboxylic acids is 2. The molecule has 1 aromatic carbocycles. The Balaban J connectivity index is 1.85. The first-order valence-electron chi connectivity index (χ1n) is 9.79. The summed E-state index contributed by atoms with van der Waals surface area (Å²) in [6.07, 6.45) is 3.25. The van der Waals surface area contributed by atoms with Gasteiger partial charge in [-0.3, -0.25) is 14.6 Å². The van der Waals surface area contributed by atoms with E-state index in [2.05, 4.69) is 4.98 Å². The zero-order chi connectivity index (χ0) is 22.1. The number of rotatable bonds is 5. The fourth-order valence-corrected chi connectivity index (χ4v) is 3.81. The number of ether oxygens (including phenoxy) is 1. The fourth-order valence-electron chi connectivity index (χ4n) is 3.81. The second-order valence-electron chi connectivity index (χ2n) is 7.42. The van der Waals surface area contributed by atoms with Crippen molar-refractivity contribution in [2.45, 2.75) is 26.4 Å². The van der Waals surface area contributed by atoms with Gasteiger partial charge >= 0.3 is 0 Å². The molecule has 0 aliphatic carbocycles. The average molecular weight is 418 g/mol. The first-order valence-corrected chi connectivity index (χ1v) is 9.79. The largest absolute Gasteiger partial charge is 0.507 e. The molecule has 0 saturated carbocycles. The van der Waals surface area contributed by atoms with Crippen LogP contribution in [0.25, 0.3) is 5.76 Å². The lowest BCUT2D eigenvalue weighted by Crippen LogP contribution is -2.29. The summed E-state index contributed by atoms with van der Waals surface area (Å²) in [6, 6.07) is 11.3. The molecule has 0 spiro atoms. The molecule has 1 fully saturated rings. The predicted molar refractivity (Wildman–Crippen MR) is 113 cm³/mol. The second-order valence-corrected chi connectivity index (χ2v) is 7.42. The molecule has 1 unspecified atom stereocenters. The number of hydrogen-bond acceptors (Lipinski definition) is 6. The predicted octanol–water partition coefficient (Wildman–Crippen LogP) is 3.92. The smallest absolute Gasteiger partial charge is 0.296 e. The van der Waals surface area contributed by atoms with Gasteiger partial charge < -0.3 is 19.2 Å². The van der Waals surface area contributed by atoms with Gasteiger partial charge in [0, 0.05) is 24.5 Å². The molecule has 1 N–H and O–H groups in total. The number of aryl methyl sites for hydroxylation is 2. The van der Waals surface area contributed by atoms with Gasteiger partial charge in [0.05, 0.1) is 12.7 Å². The number of aliphatic hydroxyl groups excluding tert-OH is 1. The number of Topliss-reactive ketones (excluding diaryl/α,β-unsaturated/α-hetero) is 1. The maximum absolute atomic E-state index is 13.0. The van der Waals surface area contributed by atoms with Crippen molar-refractivity contribution < 1.29 is 23.8 Å². The normalized spacial score (nSPS) is 17.9. The lowest BCUT2D eigenvalue weighted by Gasteiger charge is -2.23. The molecule has 0 radical (unpaired) electrons. The van der Waals surface area contributed by atoms with Gasteiger partial charge in [-0.1, -0.05) is 0 Å². The summed E-state index contributed by atoms with van der Waals surface area (Å²) in [6.45, 7) is 3.80. The van der Waals surface area contributed by atoms with E-state index in [-0.39, 0.29) is 17.9 Å². The van der Waals surface area contributed by atoms with Crippen LogP contribution in [0, 0.1) is 13.8 Å². The Bertz CT molecular complexity index is 1180. The van der Waals surface area contributed by atoms with Crippen LogP contribution in [-0.4, -0.2) is 33.8 Å². The van der Waals surface area contributed by atoms with E-state index in [1.165, 1.54) is 4.90 Å². The molecule has 7 heteroatoms. The molecule has 158 valence electrons. The van der Waals surface area contributed by atoms with Crippen molar-refractivity contribution >= 4 is 17.4 Å². The summed E-state index contributed by atoms with van der Waals surface area (Å²) in [4.78, 5) is 31.4. The van der Waals surface area contributed by atoms with E-state index in [0.717, 1.165) is 11.1 Å². The van der Waals surface area contributed by atoms with Crippen molar-refractivity contribution in [1.82, 2.24) is 9.88 Å². The monoisotopic (exact) mass is 418 g/mol. The van der Waals surface area contributed by atoms with E-state index in [4.69, 9.17) is 9.15 Å². The minimum atomic E-state index is -0.843. The van der Waals surface area contributed by atoms with Gasteiger partial charge in [-0.05, 0) is 67.4 Å². The summed E-state index contributed by atoms with van der Waals surface area (Å²) < 4.78 is 11.1. The molecular formula is C24H22N2O5. The number of methoxy groups -OCH3 is 1. The maximum Gasteiger partial charge on any atom is 0.296 e. The number of pyridine rings is 1. The minimum absolute atomic E-state index is 0.00188. The molecule has 4 rings (SSSR count). The molecule has 1 amide bonds. The van der Waals surface area contributed by atoms with Crippen molar-refractivity contribution in [3.63, 3.8) is 0 Å². The van der Waals surface area contributed by atoms with Crippen molar-refractivity contribution in [2.24, 2.45) is 0 Å². The van der Waals surface area contributed by atoms with Gasteiger partial charge in [0.15, 0.2) is 0 Å². The van der Waals surface area contributed by atoms with Crippen molar-refractivity contribution in [3.05, 3.63) is 88.6 Å². The first kappa shape index (κ1) is 20.4. The van der Waals surface area contributed by atoms with Crippen LogP contribution in [0.4, 0.5) is 0 Å². The Hall–Kier alpha value is -3.87. The topological polar surface area (TPSA) is 92.9 Å². The number of carbonyl (C=O) groups is 2. The molecule has 2 aromatic heterocycles. The van der Waals surface area contributed by atoms with Gasteiger partial charge in [0.25, 0.3) is 11.7 Å². The van der Waals surface area contributed by atoms with Gasteiger partial charge in [0.1, 0.15) is 29.1 Å². The lowest BCUT2D eigenvalue weighted by molar-refractivity contribution is -0.140. The molecule has 1 saturated heterocycles. The van der Waals surface area contributed by atoms with E-state index >= 15 is 0 Å². The number of benzene rings is 1. The molecule has 1 aliphatic rings. The number of aliphatic hydroxyl groups is 1. The van der Waals surface area contributed by atoms with Crippen LogP contribution in [0.2, 0.25) is 0 Å². The number of likely N-dealkylation sites (tertiary alicyclic amines) is 1. The van der Waals surface area contributed by atoms with E-state index in [0.29, 0.717) is 22.8 Å². The number of ketones is 1. The highest BCUT2D eigenvalue weighted by Crippen LogP contribution is 2.41. The molecule has 1 atom stereocenters. The Labute approximate surface area is 179 Å². The van der Waals surface area contributed by atoms with E-state index < -0.39 is 17.7 Å². The summed E-state index contributed by atoms with van der Waals surface area (Å²) in [5.41, 5.74) is 2.03. The van der Waals surface area contributed by atoms with Crippen LogP contribution in [0.1, 0.15) is 34.3 Å². The van der Waals surface area contributed by atoms with Crippen molar-refractivity contribution in [3.8, 4) is 5.75 Å². The van der Waals surface area contributed by atoms with Crippen LogP contribution in [0.3, 0.4) is 0 Å². The quantitative estimate of drug-likeness (QED) is 0.384. The Kier molecular flexibility index (Phi) is 5.33. The van der Waals surface area contributed by atoms with Gasteiger partial charge in [-0.15, -0.1) is 0 Å². The average Bonchev–Trinajstić information content (AvgIpc) is 3.30. The molecule has 31 heavy (non-hydrogen) atoms. The zero-order valence-corrected chi connectivity index (χ0v) is 17.5. The maximum atomic E-state index is 13.0. The summed E-state index contributed by atoms with van der Waals surface area (Å²) in [5.74, 6) is 0.0253. The molecule has 1 aliphatic heterocycles. The third-order valence-electron chi connectivity index (χ3n) is 5.34. The summed E-state index contributed by atoms with van der Waals surface area (Å²) in [7, 11) is 1.56. The van der Waals surface area contributed by atoms with E-state index in [1.54, 1.807) is 68.9 Å². The molecule has 0 bridgehead atoms. The van der Waals surface area contributed by atoms with E-state index in [1.807, 2.05) is 6.92 Å². The van der Waals surface area contributed by atoms with Gasteiger partial charge in [-0.25, -0.2) is 0 Å². The van der Waals surface area contributed by atoms with Gasteiger partial charge in [-0.2, -0.15) is 0 Å². The lowest BCUT2D eigenvalue weighted by atomic mass is 9.98. The SMILES string of the molecule is COc1ccc(/C(O)=C2/C(=O)C(=O)N(Cc3ccncc3)C2c2ccc(C)o2)cc1C. The number of furan rings is 1. The molecule has 3 heterocycles. The van der Waals surface area contributed by atoms with Crippen LogP contribution in [0.15, 0.2) is 64.8 Å². The van der Waals surface area contributed by atoms with Crippen LogP contribution in [0.5, 0.6) is 5.75 Å². The zero-order valence-electron chi connectivity index (χ0n) is 17.5. The standard InChI is InChI=1S/C24H22N2O5/c1-14-12-17(5-7-18(14)30-3)22(27)20-21(19-6-4-15(2)31-19)26(24(29)23(20)28)13-16-8-10-25-11-9-16/h4-12,21,27H,13H2,1-3H3/b22-20-. The highest BCUT2D eigenvalue weighted by Gasteiger charge is 2.47. The van der Waals surface area contributed by atoms with Crippen LogP contribution < -0.4 is 4.74 Å². The third kappa shape index (κ3) is 3.70. The van der Waals surface area contributed by atoms with Crippen molar-refractivity contribution in [1.29, 1.82) is 0 Å². The highest BCUT2D eigenvalue weighted by atomic mass is 16.5. The van der Waals surface area contributed by atoms with E-state index in [9.17, 15) is 14.7 Å².